The van der Waals surface area contributed by atoms with Crippen LogP contribution in [0.5, 0.6) is 5.75 Å². The summed E-state index contributed by atoms with van der Waals surface area (Å²) < 4.78 is 32.0. The third-order valence-corrected chi connectivity index (χ3v) is 3.28. The standard InChI is InChI=1S/C16H17F2NO/c1-10-4-7-15(11(2)16(10)20-3)19-9-12-8-13(17)5-6-14(12)18/h4-8,19H,9H2,1-3H3. The zero-order chi connectivity index (χ0) is 14.7. The Balaban J connectivity index is 2.21. The Bertz CT molecular complexity index is 626. The molecule has 0 atom stereocenters. The average Bonchev–Trinajstić information content (AvgIpc) is 2.42. The summed E-state index contributed by atoms with van der Waals surface area (Å²) in [5.74, 6) is -0.0632. The summed E-state index contributed by atoms with van der Waals surface area (Å²) in [7, 11) is 1.62. The number of nitrogens with one attached hydrogen (secondary N) is 1. The van der Waals surface area contributed by atoms with E-state index in [1.54, 1.807) is 7.11 Å². The highest BCUT2D eigenvalue weighted by atomic mass is 19.1. The van der Waals surface area contributed by atoms with Crippen LogP contribution in [-0.4, -0.2) is 7.11 Å². The van der Waals surface area contributed by atoms with Crippen molar-refractivity contribution in [3.8, 4) is 5.75 Å². The van der Waals surface area contributed by atoms with E-state index in [0.29, 0.717) is 5.56 Å². The summed E-state index contributed by atoms with van der Waals surface area (Å²) in [5, 5.41) is 3.11. The SMILES string of the molecule is COc1c(C)ccc(NCc2cc(F)ccc2F)c1C. The molecule has 0 heterocycles. The maximum absolute atomic E-state index is 13.6. The van der Waals surface area contributed by atoms with Crippen molar-refractivity contribution in [2.75, 3.05) is 12.4 Å². The molecule has 4 heteroatoms. The molecule has 0 fully saturated rings. The third-order valence-electron chi connectivity index (χ3n) is 3.28. The molecule has 0 amide bonds. The van der Waals surface area contributed by atoms with Gasteiger partial charge >= 0.3 is 0 Å². The van der Waals surface area contributed by atoms with Gasteiger partial charge in [0, 0.05) is 23.4 Å². The molecule has 1 N–H and O–H groups in total. The highest BCUT2D eigenvalue weighted by molar-refractivity contribution is 5.59. The maximum Gasteiger partial charge on any atom is 0.128 e. The molecule has 0 spiro atoms. The molecule has 0 radical (unpaired) electrons. The van der Waals surface area contributed by atoms with Crippen molar-refractivity contribution in [2.24, 2.45) is 0 Å². The highest BCUT2D eigenvalue weighted by Gasteiger charge is 2.09. The van der Waals surface area contributed by atoms with Crippen LogP contribution in [0.15, 0.2) is 30.3 Å². The molecule has 106 valence electrons. The molecule has 0 bridgehead atoms. The van der Waals surface area contributed by atoms with Crippen LogP contribution < -0.4 is 10.1 Å². The second-order valence-electron chi connectivity index (χ2n) is 4.68. The topological polar surface area (TPSA) is 21.3 Å². The minimum absolute atomic E-state index is 0.219. The first-order chi connectivity index (χ1) is 9.52. The van der Waals surface area contributed by atoms with Gasteiger partial charge in [0.1, 0.15) is 17.4 Å². The van der Waals surface area contributed by atoms with E-state index >= 15 is 0 Å². The fourth-order valence-corrected chi connectivity index (χ4v) is 2.20. The molecule has 0 aromatic heterocycles. The van der Waals surface area contributed by atoms with Gasteiger partial charge in [-0.1, -0.05) is 6.07 Å². The number of ether oxygens (including phenoxy) is 1. The first-order valence-corrected chi connectivity index (χ1v) is 6.35. The molecule has 0 saturated carbocycles. The van der Waals surface area contributed by atoms with Crippen LogP contribution in [0.2, 0.25) is 0 Å². The molecule has 0 unspecified atom stereocenters. The second-order valence-corrected chi connectivity index (χ2v) is 4.68. The van der Waals surface area contributed by atoms with Crippen LogP contribution in [0.25, 0.3) is 0 Å². The molecule has 2 nitrogen and oxygen atoms in total. The predicted octanol–water partition coefficient (Wildman–Crippen LogP) is 4.20. The quantitative estimate of drug-likeness (QED) is 0.904. The van der Waals surface area contributed by atoms with Crippen molar-refractivity contribution in [2.45, 2.75) is 20.4 Å². The monoisotopic (exact) mass is 277 g/mol. The van der Waals surface area contributed by atoms with Gasteiger partial charge in [0.2, 0.25) is 0 Å². The normalized spacial score (nSPS) is 10.4. The lowest BCUT2D eigenvalue weighted by molar-refractivity contribution is 0.409. The molecular formula is C16H17F2NO. The smallest absolute Gasteiger partial charge is 0.128 e. The number of benzene rings is 2. The van der Waals surface area contributed by atoms with Crippen molar-refractivity contribution in [3.63, 3.8) is 0 Å². The predicted molar refractivity (Wildman–Crippen MR) is 76.2 cm³/mol. The van der Waals surface area contributed by atoms with Crippen LogP contribution >= 0.6 is 0 Å². The van der Waals surface area contributed by atoms with Crippen LogP contribution in [0.4, 0.5) is 14.5 Å². The number of aryl methyl sites for hydroxylation is 1. The van der Waals surface area contributed by atoms with E-state index in [0.717, 1.165) is 34.7 Å². The van der Waals surface area contributed by atoms with Gasteiger partial charge < -0.3 is 10.1 Å². The van der Waals surface area contributed by atoms with E-state index in [1.165, 1.54) is 6.07 Å². The first-order valence-electron chi connectivity index (χ1n) is 6.35. The Morgan fingerprint density at radius 2 is 1.85 bits per heavy atom. The van der Waals surface area contributed by atoms with Crippen molar-refractivity contribution >= 4 is 5.69 Å². The fourth-order valence-electron chi connectivity index (χ4n) is 2.20. The zero-order valence-corrected chi connectivity index (χ0v) is 11.8. The lowest BCUT2D eigenvalue weighted by atomic mass is 10.1. The Hall–Kier alpha value is -2.10. The van der Waals surface area contributed by atoms with E-state index in [-0.39, 0.29) is 6.54 Å². The van der Waals surface area contributed by atoms with Crippen LogP contribution in [0.1, 0.15) is 16.7 Å². The van der Waals surface area contributed by atoms with Gasteiger partial charge in [-0.15, -0.1) is 0 Å². The van der Waals surface area contributed by atoms with E-state index in [2.05, 4.69) is 5.32 Å². The Morgan fingerprint density at radius 3 is 2.55 bits per heavy atom. The highest BCUT2D eigenvalue weighted by Crippen LogP contribution is 2.29. The molecule has 0 saturated heterocycles. The second kappa shape index (κ2) is 5.90. The molecule has 2 aromatic rings. The van der Waals surface area contributed by atoms with Gasteiger partial charge in [0.25, 0.3) is 0 Å². The van der Waals surface area contributed by atoms with Crippen molar-refractivity contribution in [1.82, 2.24) is 0 Å². The van der Waals surface area contributed by atoms with Gasteiger partial charge in [-0.2, -0.15) is 0 Å². The largest absolute Gasteiger partial charge is 0.496 e. The van der Waals surface area contributed by atoms with Gasteiger partial charge in [0.15, 0.2) is 0 Å². The summed E-state index contributed by atoms with van der Waals surface area (Å²) in [4.78, 5) is 0. The molecule has 2 aromatic carbocycles. The first kappa shape index (κ1) is 14.3. The summed E-state index contributed by atoms with van der Waals surface area (Å²) in [6, 6.07) is 7.28. The Morgan fingerprint density at radius 1 is 1.10 bits per heavy atom. The van der Waals surface area contributed by atoms with E-state index < -0.39 is 11.6 Å². The lowest BCUT2D eigenvalue weighted by Crippen LogP contribution is -2.05. The van der Waals surface area contributed by atoms with Crippen molar-refractivity contribution < 1.29 is 13.5 Å². The minimum atomic E-state index is -0.443. The molecule has 0 aliphatic carbocycles. The Labute approximate surface area is 117 Å². The number of methoxy groups -OCH3 is 1. The van der Waals surface area contributed by atoms with E-state index in [9.17, 15) is 8.78 Å². The number of halogens is 2. The van der Waals surface area contributed by atoms with E-state index in [4.69, 9.17) is 4.74 Å². The summed E-state index contributed by atoms with van der Waals surface area (Å²) in [6.45, 7) is 4.11. The number of anilines is 1. The van der Waals surface area contributed by atoms with Gasteiger partial charge in [0.05, 0.1) is 7.11 Å². The van der Waals surface area contributed by atoms with Gasteiger partial charge in [-0.05, 0) is 43.7 Å². The van der Waals surface area contributed by atoms with Crippen molar-refractivity contribution in [3.05, 3.63) is 58.7 Å². The molecule has 0 aliphatic rings. The maximum atomic E-state index is 13.6. The van der Waals surface area contributed by atoms with Crippen LogP contribution in [-0.2, 0) is 6.54 Å². The molecule has 0 aliphatic heterocycles. The Kier molecular flexibility index (Phi) is 4.23. The number of hydrogen-bond donors (Lipinski definition) is 1. The number of rotatable bonds is 4. The van der Waals surface area contributed by atoms with Gasteiger partial charge in [-0.3, -0.25) is 0 Å². The molecular weight excluding hydrogens is 260 g/mol. The minimum Gasteiger partial charge on any atom is -0.496 e. The summed E-state index contributed by atoms with van der Waals surface area (Å²) in [6.07, 6.45) is 0. The third kappa shape index (κ3) is 2.90. The zero-order valence-electron chi connectivity index (χ0n) is 11.8. The summed E-state index contributed by atoms with van der Waals surface area (Å²) in [5.41, 5.74) is 3.12. The fraction of sp³-hybridized carbons (Fsp3) is 0.250. The molecule has 20 heavy (non-hydrogen) atoms. The number of hydrogen-bond acceptors (Lipinski definition) is 2. The average molecular weight is 277 g/mol. The van der Waals surface area contributed by atoms with Gasteiger partial charge in [-0.25, -0.2) is 8.78 Å². The van der Waals surface area contributed by atoms with Crippen LogP contribution in [0, 0.1) is 25.5 Å². The van der Waals surface area contributed by atoms with Crippen LogP contribution in [0.3, 0.4) is 0 Å². The van der Waals surface area contributed by atoms with E-state index in [1.807, 2.05) is 26.0 Å². The molecule has 2 rings (SSSR count). The van der Waals surface area contributed by atoms with Crippen molar-refractivity contribution in [1.29, 1.82) is 0 Å². The summed E-state index contributed by atoms with van der Waals surface area (Å²) >= 11 is 0. The lowest BCUT2D eigenvalue weighted by Gasteiger charge is -2.15.